The first-order chi connectivity index (χ1) is 39.2. The molecule has 0 heterocycles. The summed E-state index contributed by atoms with van der Waals surface area (Å²) in [6, 6.07) is 29.0. The number of ether oxygens (including phenoxy) is 6. The molecule has 0 aromatic heterocycles. The molecule has 0 aliphatic heterocycles. The third-order valence-electron chi connectivity index (χ3n) is 11.8. The molecule has 0 saturated carbocycles. The van der Waals surface area contributed by atoms with Crippen molar-refractivity contribution in [2.45, 2.75) is 0 Å². The molecule has 6 aromatic carbocycles. The van der Waals surface area contributed by atoms with Crippen LogP contribution in [0.3, 0.4) is 0 Å². The molecular weight excluding hydrogens is 1400 g/mol. The van der Waals surface area contributed by atoms with Crippen LogP contribution in [0.5, 0.6) is 69.0 Å². The summed E-state index contributed by atoms with van der Waals surface area (Å²) in [4.78, 5) is 0. The van der Waals surface area contributed by atoms with Crippen LogP contribution < -0.4 is 59.1 Å². The van der Waals surface area contributed by atoms with Gasteiger partial charge in [0.15, 0.2) is 0 Å². The quantitative estimate of drug-likeness (QED) is 0.0343. The first kappa shape index (κ1) is 74.8. The van der Waals surface area contributed by atoms with Crippen molar-refractivity contribution in [3.63, 3.8) is 0 Å². The zero-order chi connectivity index (χ0) is 60.3. The number of hydrazone groups is 6. The third-order valence-corrected chi connectivity index (χ3v) is 21.2. The summed E-state index contributed by atoms with van der Waals surface area (Å²) in [6.45, 7) is -6.33. The molecule has 85 heavy (non-hydrogen) atoms. The Kier molecular flexibility index (Phi) is 31.1. The van der Waals surface area contributed by atoms with E-state index in [2.05, 4.69) is 30.6 Å². The summed E-state index contributed by atoms with van der Waals surface area (Å²) in [5.74, 6) is -0.927. The first-order valence-corrected chi connectivity index (χ1v) is 29.4. The van der Waals surface area contributed by atoms with Crippen LogP contribution in [0.2, 0.25) is 0 Å². The Hall–Kier alpha value is -6.34. The van der Waals surface area contributed by atoms with Crippen molar-refractivity contribution in [2.24, 2.45) is 30.6 Å². The Morgan fingerprint density at radius 1 is 0.306 bits per heavy atom. The average Bonchev–Trinajstić information content (AvgIpc) is 3.63. The summed E-state index contributed by atoms with van der Waals surface area (Å²) in [6.07, 6.45) is 8.23. The molecule has 24 nitrogen and oxygen atoms in total. The predicted molar refractivity (Wildman–Crippen MR) is 315 cm³/mol. The predicted octanol–water partition coefficient (Wildman–Crippen LogP) is 4.71. The van der Waals surface area contributed by atoms with Gasteiger partial charge in [0, 0.05) is 42.3 Å². The van der Waals surface area contributed by atoms with E-state index >= 15 is 0 Å². The second kappa shape index (κ2) is 35.3. The summed E-state index contributed by atoms with van der Waals surface area (Å²) in [5.41, 5.74) is 1.72. The molecule has 0 fully saturated rings. The molecule has 0 aliphatic rings. The fraction of sp³-hybridized carbons (Fsp3) is 0.222. The average molecular weight is 1460 g/mol. The van der Waals surface area contributed by atoms with Crippen LogP contribution in [0.4, 0.5) is 0 Å². The van der Waals surface area contributed by atoms with Crippen LogP contribution in [0.1, 0.15) is 33.4 Å². The van der Waals surface area contributed by atoms with Gasteiger partial charge in [0.2, 0.25) is 0 Å². The first-order valence-electron chi connectivity index (χ1n) is 24.1. The van der Waals surface area contributed by atoms with Gasteiger partial charge < -0.3 is 59.1 Å². The van der Waals surface area contributed by atoms with E-state index in [1.165, 1.54) is 109 Å². The molecule has 6 rings (SSSR count). The van der Waals surface area contributed by atoms with Gasteiger partial charge in [-0.3, -0.25) is 0 Å². The van der Waals surface area contributed by atoms with E-state index in [0.717, 1.165) is 0 Å². The Balaban J connectivity index is 0.000000560. The van der Waals surface area contributed by atoms with Crippen molar-refractivity contribution >= 4 is 73.9 Å². The topological polar surface area (TPSA) is 287 Å². The Morgan fingerprint density at radius 2 is 0.435 bits per heavy atom. The fourth-order valence-electron chi connectivity index (χ4n) is 7.17. The van der Waals surface area contributed by atoms with E-state index in [9.17, 15) is 30.6 Å². The monoisotopic (exact) mass is 1460 g/mol. The second-order valence-corrected chi connectivity index (χ2v) is 25.2. The molecule has 0 amide bonds. The van der Waals surface area contributed by atoms with Gasteiger partial charge in [-0.05, 0) is 93.4 Å². The minimum atomic E-state index is -3.17. The zero-order valence-electron chi connectivity index (χ0n) is 48.0. The van der Waals surface area contributed by atoms with Crippen LogP contribution in [-0.4, -0.2) is 151 Å². The summed E-state index contributed by atoms with van der Waals surface area (Å²) in [7, 11) is 18.2. The van der Waals surface area contributed by atoms with Crippen molar-refractivity contribution in [3.05, 3.63) is 143 Å². The van der Waals surface area contributed by atoms with Crippen LogP contribution in [-0.2, 0) is 57.8 Å². The van der Waals surface area contributed by atoms with Gasteiger partial charge in [-0.2, -0.15) is 30.6 Å². The molecule has 0 N–H and O–H groups in total. The summed E-state index contributed by atoms with van der Waals surface area (Å²) < 4.78 is 39.4. The van der Waals surface area contributed by atoms with E-state index in [1.807, 2.05) is 0 Å². The van der Waals surface area contributed by atoms with Gasteiger partial charge in [0.25, 0.3) is 13.0 Å². The van der Waals surface area contributed by atoms with Gasteiger partial charge in [-0.25, -0.2) is 28.7 Å². The van der Waals surface area contributed by atoms with Gasteiger partial charge >= 0.3 is 83.5 Å². The minimum Gasteiger partial charge on any atom is -0.870 e. The molecule has 451 valence electrons. The zero-order valence-corrected chi connectivity index (χ0v) is 56.2. The van der Waals surface area contributed by atoms with E-state index in [4.69, 9.17) is 52.0 Å². The molecule has 0 unspecified atom stereocenters. The number of para-hydroxylation sites is 6. The number of methoxy groups -OCH3 is 6. The number of rotatable bonds is 24. The van der Waals surface area contributed by atoms with E-state index in [0.29, 0.717) is 0 Å². The van der Waals surface area contributed by atoms with Crippen LogP contribution in [0.25, 0.3) is 0 Å². The number of nitrogens with zero attached hydrogens (tertiary/aromatic N) is 12. The van der Waals surface area contributed by atoms with Crippen LogP contribution in [0.15, 0.2) is 140 Å². The molecule has 0 atom stereocenters. The maximum Gasteiger partial charge on any atom is 2.00 e. The third kappa shape index (κ3) is 18.3. The standard InChI is InChI=1S/2C27H33N6O6PS.Eu.2Mn/c2*1-31(28-16-19-10-7-13-22(37-4)25(19)34)40(41,32(2)29-17-20-11-8-14-23(38-5)26(20)35)33(3)30-18-21-12-9-15-24(39-6)27(21)36;;;/h2*7-18,34-36H,1-6H3;;;/q;;3*+2/p-6/b2*28-16+,29-17+,30-18+;;;. The van der Waals surface area contributed by atoms with Crippen molar-refractivity contribution in [1.82, 2.24) is 28.7 Å². The van der Waals surface area contributed by atoms with Crippen LogP contribution >= 0.6 is 13.0 Å². The van der Waals surface area contributed by atoms with Crippen molar-refractivity contribution in [3.8, 4) is 69.0 Å². The molecular formula is C54H60EuMn2N12O12P2S2. The molecule has 0 aliphatic carbocycles. The molecule has 0 bridgehead atoms. The van der Waals surface area contributed by atoms with Gasteiger partial charge in [-0.1, -0.05) is 107 Å². The Bertz CT molecular complexity index is 2900. The van der Waals surface area contributed by atoms with Crippen molar-refractivity contribution in [1.29, 1.82) is 0 Å². The molecule has 0 saturated heterocycles. The summed E-state index contributed by atoms with van der Waals surface area (Å²) in [5, 5.41) is 102. The molecule has 3 radical (unpaired) electrons. The SMILES string of the molecule is COc1cccc(/C=N/N(C)P(=S)(N(C)/N=C/c2cccc(OC)c2[O-])N(C)/N=C/c2cccc(OC)c2[O-])c1[O-].COc1cccc(/C=N/N(C)P(=S)(N(C)/N=C/c2cccc(OC)c2[O-])N(C)/N=C/c2cccc(OC)c2[O-])c1[O-].[Eu+2].[Mn+2].[Mn+2]. The summed E-state index contributed by atoms with van der Waals surface area (Å²) >= 11 is 12.2. The molecule has 6 aromatic rings. The smallest absolute Gasteiger partial charge is 0.870 e. The largest absolute Gasteiger partial charge is 2.00 e. The van der Waals surface area contributed by atoms with Crippen molar-refractivity contribution < 1.29 is 143 Å². The maximum absolute atomic E-state index is 12.6. The van der Waals surface area contributed by atoms with Gasteiger partial charge in [0.1, 0.15) is 34.5 Å². The Labute approximate surface area is 566 Å². The van der Waals surface area contributed by atoms with Crippen LogP contribution in [0, 0.1) is 49.4 Å². The normalized spacial score (nSPS) is 11.3. The number of hydrogen-bond acceptors (Lipinski definition) is 20. The fourth-order valence-corrected chi connectivity index (χ4v) is 11.3. The van der Waals surface area contributed by atoms with Crippen molar-refractivity contribution in [2.75, 3.05) is 84.9 Å². The number of benzene rings is 6. The number of hydrogen-bond donors (Lipinski definition) is 0. The second-order valence-electron chi connectivity index (χ2n) is 16.7. The van der Waals surface area contributed by atoms with E-state index in [1.54, 1.807) is 151 Å². The molecule has 0 spiro atoms. The maximum atomic E-state index is 12.6. The van der Waals surface area contributed by atoms with Gasteiger partial charge in [0.05, 0.1) is 79.9 Å². The molecule has 31 heteroatoms. The van der Waals surface area contributed by atoms with E-state index < -0.39 is 13.0 Å². The van der Waals surface area contributed by atoms with Gasteiger partial charge in [-0.15, -0.1) is 0 Å². The Morgan fingerprint density at radius 3 is 0.553 bits per heavy atom. The minimum absolute atomic E-state index is 0. The van der Waals surface area contributed by atoms with E-state index in [-0.39, 0.29) is 186 Å².